The van der Waals surface area contributed by atoms with E-state index >= 15 is 0 Å². The first-order valence-electron chi connectivity index (χ1n) is 5.87. The van der Waals surface area contributed by atoms with Gasteiger partial charge in [0, 0.05) is 17.6 Å². The number of hydrogen-bond donors (Lipinski definition) is 0. The van der Waals surface area contributed by atoms with Crippen molar-refractivity contribution in [2.45, 2.75) is 26.7 Å². The third kappa shape index (κ3) is 3.02. The van der Waals surface area contributed by atoms with Crippen LogP contribution in [0.4, 0.5) is 0 Å². The molecule has 2 aromatic rings. The Hall–Kier alpha value is -1.54. The average molecular weight is 262 g/mol. The lowest BCUT2D eigenvalue weighted by Gasteiger charge is -2.10. The van der Waals surface area contributed by atoms with E-state index in [0.717, 1.165) is 22.6 Å². The SMILES string of the molecule is Cc1ccc(Oc2cc(CCl)cc(C)n2)c(C)c1. The van der Waals surface area contributed by atoms with E-state index in [0.29, 0.717) is 11.8 Å². The average Bonchev–Trinajstić information content (AvgIpc) is 2.32. The number of nitrogens with zero attached hydrogens (tertiary/aromatic N) is 1. The topological polar surface area (TPSA) is 22.1 Å². The predicted molar refractivity (Wildman–Crippen MR) is 74.5 cm³/mol. The maximum atomic E-state index is 5.84. The van der Waals surface area contributed by atoms with E-state index in [-0.39, 0.29) is 0 Å². The van der Waals surface area contributed by atoms with Crippen LogP contribution in [0, 0.1) is 20.8 Å². The largest absolute Gasteiger partial charge is 0.439 e. The van der Waals surface area contributed by atoms with Gasteiger partial charge in [0.05, 0.1) is 0 Å². The lowest BCUT2D eigenvalue weighted by Crippen LogP contribution is -1.94. The molecule has 1 heterocycles. The second kappa shape index (κ2) is 5.40. The number of aromatic nitrogens is 1. The van der Waals surface area contributed by atoms with Crippen molar-refractivity contribution in [3.05, 3.63) is 52.7 Å². The van der Waals surface area contributed by atoms with Crippen LogP contribution in [0.3, 0.4) is 0 Å². The summed E-state index contributed by atoms with van der Waals surface area (Å²) in [6, 6.07) is 9.92. The highest BCUT2D eigenvalue weighted by Crippen LogP contribution is 2.25. The molecule has 0 N–H and O–H groups in total. The maximum absolute atomic E-state index is 5.84. The molecule has 0 aliphatic rings. The van der Waals surface area contributed by atoms with E-state index in [9.17, 15) is 0 Å². The van der Waals surface area contributed by atoms with Crippen molar-refractivity contribution < 1.29 is 4.74 Å². The molecule has 0 fully saturated rings. The van der Waals surface area contributed by atoms with Gasteiger partial charge in [-0.2, -0.15) is 0 Å². The number of halogens is 1. The van der Waals surface area contributed by atoms with Crippen molar-refractivity contribution in [2.24, 2.45) is 0 Å². The second-order valence-corrected chi connectivity index (χ2v) is 4.73. The van der Waals surface area contributed by atoms with Crippen molar-refractivity contribution in [3.63, 3.8) is 0 Å². The Morgan fingerprint density at radius 3 is 2.56 bits per heavy atom. The van der Waals surface area contributed by atoms with Crippen LogP contribution < -0.4 is 4.74 Å². The first-order valence-corrected chi connectivity index (χ1v) is 6.40. The van der Waals surface area contributed by atoms with E-state index in [4.69, 9.17) is 16.3 Å². The van der Waals surface area contributed by atoms with Crippen LogP contribution in [0.25, 0.3) is 0 Å². The second-order valence-electron chi connectivity index (χ2n) is 4.46. The Bertz CT molecular complexity index is 566. The van der Waals surface area contributed by atoms with Crippen LogP contribution in [0.2, 0.25) is 0 Å². The van der Waals surface area contributed by atoms with Crippen LogP contribution >= 0.6 is 11.6 Å². The van der Waals surface area contributed by atoms with Gasteiger partial charge in [-0.15, -0.1) is 11.6 Å². The molecule has 1 aromatic carbocycles. The summed E-state index contributed by atoms with van der Waals surface area (Å²) in [4.78, 5) is 4.36. The van der Waals surface area contributed by atoms with Gasteiger partial charge >= 0.3 is 0 Å². The Morgan fingerprint density at radius 2 is 1.89 bits per heavy atom. The number of hydrogen-bond acceptors (Lipinski definition) is 2. The Balaban J connectivity index is 2.30. The minimum Gasteiger partial charge on any atom is -0.439 e. The molecule has 0 amide bonds. The van der Waals surface area contributed by atoms with Gasteiger partial charge < -0.3 is 4.74 Å². The molecule has 0 spiro atoms. The monoisotopic (exact) mass is 261 g/mol. The van der Waals surface area contributed by atoms with Gasteiger partial charge in [0.2, 0.25) is 5.88 Å². The van der Waals surface area contributed by atoms with E-state index in [1.807, 2.05) is 38.1 Å². The molecule has 3 heteroatoms. The Kier molecular flexibility index (Phi) is 3.87. The smallest absolute Gasteiger partial charge is 0.219 e. The maximum Gasteiger partial charge on any atom is 0.219 e. The lowest BCUT2D eigenvalue weighted by molar-refractivity contribution is 0.457. The summed E-state index contributed by atoms with van der Waals surface area (Å²) >= 11 is 5.84. The van der Waals surface area contributed by atoms with Gasteiger partial charge in [-0.25, -0.2) is 4.98 Å². The summed E-state index contributed by atoms with van der Waals surface area (Å²) in [7, 11) is 0. The van der Waals surface area contributed by atoms with E-state index in [2.05, 4.69) is 18.0 Å². The van der Waals surface area contributed by atoms with Crippen molar-refractivity contribution in [1.82, 2.24) is 4.98 Å². The quantitative estimate of drug-likeness (QED) is 0.757. The zero-order valence-electron chi connectivity index (χ0n) is 10.8. The molecule has 18 heavy (non-hydrogen) atoms. The van der Waals surface area contributed by atoms with Crippen molar-refractivity contribution in [1.29, 1.82) is 0 Å². The first kappa shape index (κ1) is 12.9. The first-order chi connectivity index (χ1) is 8.58. The molecule has 1 aromatic heterocycles. The van der Waals surface area contributed by atoms with Crippen molar-refractivity contribution in [2.75, 3.05) is 0 Å². The van der Waals surface area contributed by atoms with Crippen LogP contribution in [-0.2, 0) is 5.88 Å². The third-order valence-electron chi connectivity index (χ3n) is 2.69. The standard InChI is InChI=1S/C15H16ClNO/c1-10-4-5-14(11(2)6-10)18-15-8-13(9-16)7-12(3)17-15/h4-8H,9H2,1-3H3. The molecule has 2 rings (SSSR count). The molecule has 94 valence electrons. The highest BCUT2D eigenvalue weighted by Gasteiger charge is 2.05. The zero-order chi connectivity index (χ0) is 13.1. The fourth-order valence-corrected chi connectivity index (χ4v) is 2.02. The highest BCUT2D eigenvalue weighted by atomic mass is 35.5. The predicted octanol–water partition coefficient (Wildman–Crippen LogP) is 4.54. The number of aryl methyl sites for hydroxylation is 3. The number of rotatable bonds is 3. The minimum atomic E-state index is 0.465. The van der Waals surface area contributed by atoms with E-state index in [1.54, 1.807) is 0 Å². The van der Waals surface area contributed by atoms with Gasteiger partial charge in [0.25, 0.3) is 0 Å². The molecule has 0 bridgehead atoms. The zero-order valence-corrected chi connectivity index (χ0v) is 11.6. The molecule has 0 saturated carbocycles. The molecular weight excluding hydrogens is 246 g/mol. The van der Waals surface area contributed by atoms with Crippen LogP contribution in [0.15, 0.2) is 30.3 Å². The van der Waals surface area contributed by atoms with Crippen molar-refractivity contribution >= 4 is 11.6 Å². The van der Waals surface area contributed by atoms with Crippen LogP contribution in [0.5, 0.6) is 11.6 Å². The summed E-state index contributed by atoms with van der Waals surface area (Å²) in [5, 5.41) is 0. The summed E-state index contributed by atoms with van der Waals surface area (Å²) in [6.07, 6.45) is 0. The summed E-state index contributed by atoms with van der Waals surface area (Å²) in [6.45, 7) is 6.03. The minimum absolute atomic E-state index is 0.465. The summed E-state index contributed by atoms with van der Waals surface area (Å²) in [5.74, 6) is 1.89. The molecule has 0 atom stereocenters. The Labute approximate surface area is 113 Å². The number of alkyl halides is 1. The molecule has 0 saturated heterocycles. The van der Waals surface area contributed by atoms with Gasteiger partial charge in [0.15, 0.2) is 0 Å². The van der Waals surface area contributed by atoms with Crippen LogP contribution in [0.1, 0.15) is 22.4 Å². The van der Waals surface area contributed by atoms with E-state index < -0.39 is 0 Å². The molecule has 0 aliphatic carbocycles. The molecule has 2 nitrogen and oxygen atoms in total. The molecule has 0 aliphatic heterocycles. The molecule has 0 unspecified atom stereocenters. The number of pyridine rings is 1. The number of ether oxygens (including phenoxy) is 1. The normalized spacial score (nSPS) is 10.4. The van der Waals surface area contributed by atoms with Gasteiger partial charge in [-0.3, -0.25) is 0 Å². The van der Waals surface area contributed by atoms with Gasteiger partial charge in [0.1, 0.15) is 5.75 Å². The molecule has 0 radical (unpaired) electrons. The lowest BCUT2D eigenvalue weighted by atomic mass is 10.1. The fraction of sp³-hybridized carbons (Fsp3) is 0.267. The summed E-state index contributed by atoms with van der Waals surface area (Å²) in [5.41, 5.74) is 4.25. The van der Waals surface area contributed by atoms with Gasteiger partial charge in [-0.05, 0) is 44.0 Å². The Morgan fingerprint density at radius 1 is 1.11 bits per heavy atom. The van der Waals surface area contributed by atoms with Crippen molar-refractivity contribution in [3.8, 4) is 11.6 Å². The van der Waals surface area contributed by atoms with E-state index in [1.165, 1.54) is 5.56 Å². The molecular formula is C15H16ClNO. The summed E-state index contributed by atoms with van der Waals surface area (Å²) < 4.78 is 5.82. The van der Waals surface area contributed by atoms with Crippen LogP contribution in [-0.4, -0.2) is 4.98 Å². The highest BCUT2D eigenvalue weighted by molar-refractivity contribution is 6.17. The number of benzene rings is 1. The fourth-order valence-electron chi connectivity index (χ4n) is 1.86. The third-order valence-corrected chi connectivity index (χ3v) is 3.00. The van der Waals surface area contributed by atoms with Gasteiger partial charge in [-0.1, -0.05) is 17.7 Å².